The van der Waals surface area contributed by atoms with Crippen LogP contribution in [-0.4, -0.2) is 23.9 Å². The van der Waals surface area contributed by atoms with Crippen molar-refractivity contribution in [2.75, 3.05) is 13.1 Å². The molecule has 1 aliphatic heterocycles. The van der Waals surface area contributed by atoms with Gasteiger partial charge in [-0.1, -0.05) is 18.2 Å². The number of nitrogens with zero attached hydrogens (tertiary/aromatic N) is 1. The minimum atomic E-state index is -4.41. The molecule has 1 aliphatic rings. The van der Waals surface area contributed by atoms with E-state index in [1.807, 2.05) is 0 Å². The average Bonchev–Trinajstić information content (AvgIpc) is 2.86. The Morgan fingerprint density at radius 3 is 2.60 bits per heavy atom. The Labute approximate surface area is 121 Å². The number of rotatable bonds is 2. The molecule has 1 unspecified atom stereocenters. The van der Waals surface area contributed by atoms with E-state index in [1.165, 1.54) is 17.0 Å². The van der Waals surface area contributed by atoms with E-state index < -0.39 is 17.8 Å². The zero-order valence-corrected chi connectivity index (χ0v) is 11.5. The molecule has 7 heteroatoms. The number of likely N-dealkylation sites (tertiary alicyclic amines) is 1. The molecule has 112 valence electrons. The normalized spacial score (nSPS) is 18.8. The molecule has 3 nitrogen and oxygen atoms in total. The summed E-state index contributed by atoms with van der Waals surface area (Å²) in [5, 5.41) is 0. The highest BCUT2D eigenvalue weighted by Gasteiger charge is 2.38. The summed E-state index contributed by atoms with van der Waals surface area (Å²) in [6.45, 7) is 0.289. The molecule has 1 fully saturated rings. The van der Waals surface area contributed by atoms with Crippen LogP contribution < -0.4 is 5.73 Å². The maximum Gasteiger partial charge on any atom is 0.416 e. The second kappa shape index (κ2) is 6.45. The smallest absolute Gasteiger partial charge is 0.335 e. The van der Waals surface area contributed by atoms with Gasteiger partial charge < -0.3 is 10.6 Å². The number of halogens is 4. The first kappa shape index (κ1) is 16.8. The van der Waals surface area contributed by atoms with E-state index in [0.717, 1.165) is 6.07 Å². The highest BCUT2D eigenvalue weighted by atomic mass is 35.5. The molecular weight excluding hydrogens is 293 g/mol. The molecule has 1 atom stereocenters. The highest BCUT2D eigenvalue weighted by Crippen LogP contribution is 2.40. The van der Waals surface area contributed by atoms with Gasteiger partial charge in [-0.15, -0.1) is 12.4 Å². The summed E-state index contributed by atoms with van der Waals surface area (Å²) in [4.78, 5) is 13.1. The van der Waals surface area contributed by atoms with Gasteiger partial charge in [0.25, 0.3) is 0 Å². The van der Waals surface area contributed by atoms with Crippen molar-refractivity contribution in [1.29, 1.82) is 0 Å². The summed E-state index contributed by atoms with van der Waals surface area (Å²) in [6, 6.07) is 4.90. The first-order chi connectivity index (χ1) is 8.95. The molecule has 0 radical (unpaired) electrons. The van der Waals surface area contributed by atoms with Crippen LogP contribution >= 0.6 is 12.4 Å². The molecule has 0 bridgehead atoms. The highest BCUT2D eigenvalue weighted by molar-refractivity contribution is 5.85. The molecule has 1 aromatic carbocycles. The van der Waals surface area contributed by atoms with Crippen LogP contribution in [0.4, 0.5) is 13.2 Å². The van der Waals surface area contributed by atoms with Gasteiger partial charge in [-0.3, -0.25) is 4.79 Å². The summed E-state index contributed by atoms with van der Waals surface area (Å²) < 4.78 is 39.0. The fourth-order valence-electron chi connectivity index (χ4n) is 2.55. The number of nitrogens with two attached hydrogens (primary N) is 1. The first-order valence-corrected chi connectivity index (χ1v) is 6.11. The third-order valence-electron chi connectivity index (χ3n) is 3.37. The molecule has 1 saturated heterocycles. The lowest BCUT2D eigenvalue weighted by atomic mass is 9.98. The van der Waals surface area contributed by atoms with Crippen LogP contribution in [0.2, 0.25) is 0 Å². The van der Waals surface area contributed by atoms with Crippen LogP contribution in [0.1, 0.15) is 30.0 Å². The van der Waals surface area contributed by atoms with Crippen LogP contribution in [0.15, 0.2) is 24.3 Å². The molecular formula is C13H16ClF3N2O. The monoisotopic (exact) mass is 308 g/mol. The first-order valence-electron chi connectivity index (χ1n) is 6.11. The molecule has 0 aliphatic carbocycles. The summed E-state index contributed by atoms with van der Waals surface area (Å²) in [7, 11) is 0. The topological polar surface area (TPSA) is 46.3 Å². The summed E-state index contributed by atoms with van der Waals surface area (Å²) in [5.41, 5.74) is 4.79. The summed E-state index contributed by atoms with van der Waals surface area (Å²) in [5.74, 6) is -0.306. The van der Waals surface area contributed by atoms with Crippen molar-refractivity contribution in [3.63, 3.8) is 0 Å². The van der Waals surface area contributed by atoms with Crippen LogP contribution in [0.5, 0.6) is 0 Å². The molecule has 0 saturated carbocycles. The van der Waals surface area contributed by atoms with E-state index in [2.05, 4.69) is 0 Å². The minimum Gasteiger partial charge on any atom is -0.335 e. The van der Waals surface area contributed by atoms with Gasteiger partial charge in [0.05, 0.1) is 18.2 Å². The van der Waals surface area contributed by atoms with E-state index in [1.54, 1.807) is 6.07 Å². The largest absolute Gasteiger partial charge is 0.416 e. The maximum atomic E-state index is 13.0. The Morgan fingerprint density at radius 1 is 1.35 bits per heavy atom. The fraction of sp³-hybridized carbons (Fsp3) is 0.462. The van der Waals surface area contributed by atoms with Crippen molar-refractivity contribution in [3.05, 3.63) is 35.4 Å². The van der Waals surface area contributed by atoms with Crippen molar-refractivity contribution in [2.45, 2.75) is 25.1 Å². The van der Waals surface area contributed by atoms with Crippen molar-refractivity contribution in [1.82, 2.24) is 4.90 Å². The van der Waals surface area contributed by atoms with Crippen LogP contribution in [0, 0.1) is 0 Å². The van der Waals surface area contributed by atoms with Gasteiger partial charge in [0.2, 0.25) is 5.91 Å². The van der Waals surface area contributed by atoms with Crippen molar-refractivity contribution < 1.29 is 18.0 Å². The lowest BCUT2D eigenvalue weighted by molar-refractivity contribution is -0.140. The van der Waals surface area contributed by atoms with Crippen molar-refractivity contribution in [3.8, 4) is 0 Å². The zero-order chi connectivity index (χ0) is 14.0. The minimum absolute atomic E-state index is 0. The SMILES string of the molecule is Cl.NCC(=O)N1CCCC1c1ccccc1C(F)(F)F. The lowest BCUT2D eigenvalue weighted by Gasteiger charge is -2.27. The molecule has 1 heterocycles. The van der Waals surface area contributed by atoms with E-state index >= 15 is 0 Å². The molecule has 0 aromatic heterocycles. The van der Waals surface area contributed by atoms with Crippen LogP contribution in [0.25, 0.3) is 0 Å². The van der Waals surface area contributed by atoms with E-state index in [-0.39, 0.29) is 30.4 Å². The second-order valence-electron chi connectivity index (χ2n) is 4.53. The van der Waals surface area contributed by atoms with E-state index in [0.29, 0.717) is 19.4 Å². The molecule has 20 heavy (non-hydrogen) atoms. The number of benzene rings is 1. The number of hydrogen-bond donors (Lipinski definition) is 1. The standard InChI is InChI=1S/C13H15F3N2O.ClH/c14-13(15,16)10-5-2-1-4-9(10)11-6-3-7-18(11)12(19)8-17;/h1-2,4-5,11H,3,6-8,17H2;1H. The van der Waals surface area contributed by atoms with Gasteiger partial charge in [-0.25, -0.2) is 0 Å². The molecule has 1 amide bonds. The Kier molecular flexibility index (Phi) is 5.42. The predicted octanol–water partition coefficient (Wildman–Crippen LogP) is 2.75. The van der Waals surface area contributed by atoms with Crippen LogP contribution in [0.3, 0.4) is 0 Å². The van der Waals surface area contributed by atoms with Crippen LogP contribution in [-0.2, 0) is 11.0 Å². The Morgan fingerprint density at radius 2 is 2.00 bits per heavy atom. The van der Waals surface area contributed by atoms with Gasteiger partial charge in [0, 0.05) is 6.54 Å². The lowest BCUT2D eigenvalue weighted by Crippen LogP contribution is -2.36. The zero-order valence-electron chi connectivity index (χ0n) is 10.7. The van der Waals surface area contributed by atoms with Crippen molar-refractivity contribution >= 4 is 18.3 Å². The number of amides is 1. The predicted molar refractivity (Wildman–Crippen MR) is 71.4 cm³/mol. The summed E-state index contributed by atoms with van der Waals surface area (Å²) in [6.07, 6.45) is -3.17. The number of carbonyl (C=O) groups excluding carboxylic acids is 1. The van der Waals surface area contributed by atoms with Gasteiger partial charge in [0.1, 0.15) is 0 Å². The quantitative estimate of drug-likeness (QED) is 0.913. The number of carbonyl (C=O) groups is 1. The molecule has 0 spiro atoms. The number of alkyl halides is 3. The molecule has 2 rings (SSSR count). The molecule has 2 N–H and O–H groups in total. The van der Waals surface area contributed by atoms with Gasteiger partial charge in [0.15, 0.2) is 0 Å². The Hall–Kier alpha value is -1.27. The Bertz CT molecular complexity index is 479. The number of hydrogen-bond acceptors (Lipinski definition) is 2. The van der Waals surface area contributed by atoms with Gasteiger partial charge in [-0.05, 0) is 24.5 Å². The fourth-order valence-corrected chi connectivity index (χ4v) is 2.55. The van der Waals surface area contributed by atoms with Crippen molar-refractivity contribution in [2.24, 2.45) is 5.73 Å². The third-order valence-corrected chi connectivity index (χ3v) is 3.37. The Balaban J connectivity index is 0.00000200. The average molecular weight is 309 g/mol. The summed E-state index contributed by atoms with van der Waals surface area (Å²) >= 11 is 0. The maximum absolute atomic E-state index is 13.0. The second-order valence-corrected chi connectivity index (χ2v) is 4.53. The molecule has 1 aromatic rings. The third kappa shape index (κ3) is 3.24. The van der Waals surface area contributed by atoms with Gasteiger partial charge >= 0.3 is 6.18 Å². The van der Waals surface area contributed by atoms with E-state index in [4.69, 9.17) is 5.73 Å². The van der Waals surface area contributed by atoms with Gasteiger partial charge in [-0.2, -0.15) is 13.2 Å². The van der Waals surface area contributed by atoms with E-state index in [9.17, 15) is 18.0 Å².